The Morgan fingerprint density at radius 2 is 1.93 bits per heavy atom. The predicted octanol–water partition coefficient (Wildman–Crippen LogP) is 0.736. The standard InChI is InChI=1S/C8H12F3N3/c9-8(10,11)7(1-2-12)14-5-3-13-4-6-14/h7,13H,1,3-6H2/t7-/m1/s1. The number of piperazine rings is 1. The van der Waals surface area contributed by atoms with Crippen LogP contribution >= 0.6 is 0 Å². The Labute approximate surface area is 80.5 Å². The molecule has 1 fully saturated rings. The second-order valence-corrected chi connectivity index (χ2v) is 3.21. The molecule has 80 valence electrons. The molecule has 0 bridgehead atoms. The summed E-state index contributed by atoms with van der Waals surface area (Å²) in [5.74, 6) is 0. The maximum Gasteiger partial charge on any atom is 0.405 e. The van der Waals surface area contributed by atoms with E-state index in [2.05, 4.69) is 5.32 Å². The Morgan fingerprint density at radius 3 is 2.36 bits per heavy atom. The normalized spacial score (nSPS) is 21.6. The molecule has 0 aromatic rings. The zero-order chi connectivity index (χ0) is 10.6. The number of alkyl halides is 3. The van der Waals surface area contributed by atoms with E-state index >= 15 is 0 Å². The van der Waals surface area contributed by atoms with Crippen LogP contribution in [0.4, 0.5) is 13.2 Å². The molecule has 0 spiro atoms. The molecule has 1 saturated heterocycles. The quantitative estimate of drug-likeness (QED) is 0.725. The Balaban J connectivity index is 2.62. The number of nitrogens with zero attached hydrogens (tertiary/aromatic N) is 2. The van der Waals surface area contributed by atoms with E-state index in [1.165, 1.54) is 4.90 Å². The van der Waals surface area contributed by atoms with Crippen molar-refractivity contribution in [1.82, 2.24) is 10.2 Å². The number of hydrogen-bond acceptors (Lipinski definition) is 3. The first-order chi connectivity index (χ1) is 6.55. The van der Waals surface area contributed by atoms with Crippen LogP contribution in [0.15, 0.2) is 0 Å². The minimum Gasteiger partial charge on any atom is -0.314 e. The van der Waals surface area contributed by atoms with Crippen molar-refractivity contribution >= 4 is 0 Å². The van der Waals surface area contributed by atoms with E-state index in [9.17, 15) is 13.2 Å². The predicted molar refractivity (Wildman–Crippen MR) is 44.5 cm³/mol. The topological polar surface area (TPSA) is 39.1 Å². The smallest absolute Gasteiger partial charge is 0.314 e. The lowest BCUT2D eigenvalue weighted by Gasteiger charge is -2.34. The van der Waals surface area contributed by atoms with E-state index in [0.717, 1.165) is 0 Å². The zero-order valence-electron chi connectivity index (χ0n) is 7.64. The summed E-state index contributed by atoms with van der Waals surface area (Å²) in [6.45, 7) is 1.81. The van der Waals surface area contributed by atoms with E-state index in [1.54, 1.807) is 6.07 Å². The molecule has 1 N–H and O–H groups in total. The lowest BCUT2D eigenvalue weighted by molar-refractivity contribution is -0.183. The lowest BCUT2D eigenvalue weighted by Crippen LogP contribution is -2.53. The Hall–Kier alpha value is -0.800. The van der Waals surface area contributed by atoms with Gasteiger partial charge in [-0.05, 0) is 0 Å². The molecule has 1 aliphatic rings. The van der Waals surface area contributed by atoms with Gasteiger partial charge in [-0.1, -0.05) is 0 Å². The highest BCUT2D eigenvalue weighted by Crippen LogP contribution is 2.27. The van der Waals surface area contributed by atoms with Crippen LogP contribution in [-0.2, 0) is 0 Å². The average molecular weight is 207 g/mol. The minimum atomic E-state index is -4.30. The van der Waals surface area contributed by atoms with Crippen LogP contribution in [0.2, 0.25) is 0 Å². The molecule has 6 heteroatoms. The summed E-state index contributed by atoms with van der Waals surface area (Å²) in [4.78, 5) is 1.32. The summed E-state index contributed by atoms with van der Waals surface area (Å²) in [7, 11) is 0. The second-order valence-electron chi connectivity index (χ2n) is 3.21. The van der Waals surface area contributed by atoms with Crippen LogP contribution in [0.5, 0.6) is 0 Å². The van der Waals surface area contributed by atoms with Crippen molar-refractivity contribution in [2.45, 2.75) is 18.6 Å². The molecular weight excluding hydrogens is 195 g/mol. The fourth-order valence-electron chi connectivity index (χ4n) is 1.53. The highest BCUT2D eigenvalue weighted by atomic mass is 19.4. The van der Waals surface area contributed by atoms with Crippen LogP contribution in [0, 0.1) is 11.3 Å². The largest absolute Gasteiger partial charge is 0.405 e. The monoisotopic (exact) mass is 207 g/mol. The minimum absolute atomic E-state index is 0.353. The highest BCUT2D eigenvalue weighted by Gasteiger charge is 2.43. The van der Waals surface area contributed by atoms with Crippen molar-refractivity contribution in [2.75, 3.05) is 26.2 Å². The fourth-order valence-corrected chi connectivity index (χ4v) is 1.53. The van der Waals surface area contributed by atoms with Gasteiger partial charge in [-0.3, -0.25) is 4.90 Å². The van der Waals surface area contributed by atoms with Gasteiger partial charge in [0.05, 0.1) is 12.5 Å². The number of hydrogen-bond donors (Lipinski definition) is 1. The van der Waals surface area contributed by atoms with Crippen LogP contribution < -0.4 is 5.32 Å². The average Bonchev–Trinajstić information content (AvgIpc) is 2.14. The molecule has 3 nitrogen and oxygen atoms in total. The Bertz CT molecular complexity index is 215. The van der Waals surface area contributed by atoms with Gasteiger partial charge in [0.15, 0.2) is 0 Å². The molecule has 0 aliphatic carbocycles. The van der Waals surface area contributed by atoms with Crippen molar-refractivity contribution in [1.29, 1.82) is 5.26 Å². The maximum atomic E-state index is 12.5. The molecule has 0 radical (unpaired) electrons. The maximum absolute atomic E-state index is 12.5. The molecule has 1 atom stereocenters. The van der Waals surface area contributed by atoms with Gasteiger partial charge in [0, 0.05) is 26.2 Å². The van der Waals surface area contributed by atoms with E-state index in [-0.39, 0.29) is 0 Å². The number of nitrogens with one attached hydrogen (secondary N) is 1. The van der Waals surface area contributed by atoms with Gasteiger partial charge in [-0.25, -0.2) is 0 Å². The Morgan fingerprint density at radius 1 is 1.36 bits per heavy atom. The lowest BCUT2D eigenvalue weighted by atomic mass is 10.1. The molecule has 14 heavy (non-hydrogen) atoms. The SMILES string of the molecule is N#CC[C@@H](N1CCNCC1)C(F)(F)F. The van der Waals surface area contributed by atoms with Crippen LogP contribution in [-0.4, -0.2) is 43.3 Å². The van der Waals surface area contributed by atoms with Gasteiger partial charge in [0.2, 0.25) is 0 Å². The summed E-state index contributed by atoms with van der Waals surface area (Å²) in [5, 5.41) is 11.3. The van der Waals surface area contributed by atoms with Crippen LogP contribution in [0.3, 0.4) is 0 Å². The number of nitriles is 1. The third-order valence-electron chi connectivity index (χ3n) is 2.25. The van der Waals surface area contributed by atoms with Crippen molar-refractivity contribution in [3.05, 3.63) is 0 Å². The van der Waals surface area contributed by atoms with Gasteiger partial charge in [-0.2, -0.15) is 18.4 Å². The van der Waals surface area contributed by atoms with E-state index < -0.39 is 18.6 Å². The molecule has 1 rings (SSSR count). The van der Waals surface area contributed by atoms with Crippen molar-refractivity contribution in [3.8, 4) is 6.07 Å². The first-order valence-electron chi connectivity index (χ1n) is 4.44. The summed E-state index contributed by atoms with van der Waals surface area (Å²) < 4.78 is 37.4. The van der Waals surface area contributed by atoms with Crippen molar-refractivity contribution in [2.24, 2.45) is 0 Å². The van der Waals surface area contributed by atoms with E-state index in [0.29, 0.717) is 26.2 Å². The van der Waals surface area contributed by atoms with Crippen LogP contribution in [0.25, 0.3) is 0 Å². The second kappa shape index (κ2) is 4.62. The molecule has 1 heterocycles. The number of rotatable bonds is 2. The Kier molecular flexibility index (Phi) is 3.72. The zero-order valence-corrected chi connectivity index (χ0v) is 7.64. The number of halogens is 3. The highest BCUT2D eigenvalue weighted by molar-refractivity contribution is 4.89. The molecule has 0 aromatic heterocycles. The molecule has 1 aliphatic heterocycles. The van der Waals surface area contributed by atoms with Crippen molar-refractivity contribution < 1.29 is 13.2 Å². The summed E-state index contributed by atoms with van der Waals surface area (Å²) >= 11 is 0. The van der Waals surface area contributed by atoms with Gasteiger partial charge < -0.3 is 5.32 Å². The molecule has 0 unspecified atom stereocenters. The van der Waals surface area contributed by atoms with Crippen molar-refractivity contribution in [3.63, 3.8) is 0 Å². The molecule has 0 amide bonds. The fraction of sp³-hybridized carbons (Fsp3) is 0.875. The summed E-state index contributed by atoms with van der Waals surface area (Å²) in [5.41, 5.74) is 0. The van der Waals surface area contributed by atoms with Gasteiger partial charge >= 0.3 is 6.18 Å². The summed E-state index contributed by atoms with van der Waals surface area (Å²) in [6.07, 6.45) is -4.78. The molecule has 0 aromatic carbocycles. The third-order valence-corrected chi connectivity index (χ3v) is 2.25. The van der Waals surface area contributed by atoms with E-state index in [1.807, 2.05) is 0 Å². The molecule has 0 saturated carbocycles. The van der Waals surface area contributed by atoms with E-state index in [4.69, 9.17) is 5.26 Å². The van der Waals surface area contributed by atoms with Gasteiger partial charge in [0.25, 0.3) is 0 Å². The van der Waals surface area contributed by atoms with Crippen LogP contribution in [0.1, 0.15) is 6.42 Å². The van der Waals surface area contributed by atoms with Gasteiger partial charge in [0.1, 0.15) is 6.04 Å². The first-order valence-corrected chi connectivity index (χ1v) is 4.44. The van der Waals surface area contributed by atoms with Gasteiger partial charge in [-0.15, -0.1) is 0 Å². The molecular formula is C8H12F3N3. The first kappa shape index (κ1) is 11.3. The third kappa shape index (κ3) is 2.86. The summed E-state index contributed by atoms with van der Waals surface area (Å²) in [6, 6.07) is -0.0127.